The fraction of sp³-hybridized carbons (Fsp3) is 0.923. The van der Waals surface area contributed by atoms with Crippen LogP contribution in [0.5, 0.6) is 0 Å². The van der Waals surface area contributed by atoms with E-state index >= 15 is 0 Å². The predicted molar refractivity (Wildman–Crippen MR) is 67.2 cm³/mol. The number of nitriles is 1. The van der Waals surface area contributed by atoms with Gasteiger partial charge in [-0.1, -0.05) is 13.3 Å². The van der Waals surface area contributed by atoms with Crippen LogP contribution in [0.4, 0.5) is 0 Å². The van der Waals surface area contributed by atoms with Crippen molar-refractivity contribution in [3.63, 3.8) is 0 Å². The zero-order valence-electron chi connectivity index (χ0n) is 10.6. The van der Waals surface area contributed by atoms with E-state index < -0.39 is 0 Å². The van der Waals surface area contributed by atoms with Gasteiger partial charge in [-0.3, -0.25) is 0 Å². The Morgan fingerprint density at radius 3 is 2.88 bits per heavy atom. The molecule has 0 aromatic carbocycles. The molecule has 0 amide bonds. The summed E-state index contributed by atoms with van der Waals surface area (Å²) in [4.78, 5) is 0. The molecular weight excluding hydrogens is 198 g/mol. The van der Waals surface area contributed by atoms with Gasteiger partial charge < -0.3 is 10.6 Å². The summed E-state index contributed by atoms with van der Waals surface area (Å²) in [6.45, 7) is 5.55. The Kier molecular flexibility index (Phi) is 6.44. The van der Waals surface area contributed by atoms with Crippen molar-refractivity contribution in [2.75, 3.05) is 6.54 Å². The fourth-order valence-corrected chi connectivity index (χ4v) is 2.45. The first kappa shape index (κ1) is 13.5. The molecule has 1 aliphatic heterocycles. The third-order valence-corrected chi connectivity index (χ3v) is 3.40. The van der Waals surface area contributed by atoms with E-state index in [0.29, 0.717) is 24.5 Å². The molecule has 0 aromatic rings. The SMILES string of the molecule is CCC(CC#N)NC(C)CC1CCCCN1. The Hall–Kier alpha value is -0.590. The van der Waals surface area contributed by atoms with E-state index in [1.807, 2.05) is 0 Å². The minimum Gasteiger partial charge on any atom is -0.314 e. The summed E-state index contributed by atoms with van der Waals surface area (Å²) in [5.41, 5.74) is 0. The van der Waals surface area contributed by atoms with Gasteiger partial charge in [0, 0.05) is 18.1 Å². The second-order valence-corrected chi connectivity index (χ2v) is 4.92. The number of rotatable bonds is 6. The second kappa shape index (κ2) is 7.65. The standard InChI is InChI=1S/C13H25N3/c1-3-12(7-8-14)16-11(2)10-13-6-4-5-9-15-13/h11-13,15-16H,3-7,9-10H2,1-2H3. The second-order valence-electron chi connectivity index (χ2n) is 4.92. The van der Waals surface area contributed by atoms with Crippen LogP contribution in [0.25, 0.3) is 0 Å². The van der Waals surface area contributed by atoms with Gasteiger partial charge in [-0.05, 0) is 39.2 Å². The maximum absolute atomic E-state index is 8.70. The van der Waals surface area contributed by atoms with Gasteiger partial charge in [-0.2, -0.15) is 5.26 Å². The smallest absolute Gasteiger partial charge is 0.0638 e. The van der Waals surface area contributed by atoms with E-state index in [-0.39, 0.29) is 0 Å². The average Bonchev–Trinajstić information content (AvgIpc) is 2.29. The highest BCUT2D eigenvalue weighted by Gasteiger charge is 2.17. The number of hydrogen-bond acceptors (Lipinski definition) is 3. The summed E-state index contributed by atoms with van der Waals surface area (Å²) >= 11 is 0. The normalized spacial score (nSPS) is 24.7. The lowest BCUT2D eigenvalue weighted by molar-refractivity contribution is 0.327. The maximum Gasteiger partial charge on any atom is 0.0638 e. The van der Waals surface area contributed by atoms with Crippen LogP contribution in [0.2, 0.25) is 0 Å². The van der Waals surface area contributed by atoms with E-state index in [0.717, 1.165) is 6.42 Å². The zero-order chi connectivity index (χ0) is 11.8. The van der Waals surface area contributed by atoms with Gasteiger partial charge >= 0.3 is 0 Å². The first-order chi connectivity index (χ1) is 7.76. The Morgan fingerprint density at radius 2 is 2.31 bits per heavy atom. The highest BCUT2D eigenvalue weighted by Crippen LogP contribution is 2.12. The number of piperidine rings is 1. The molecule has 1 saturated heterocycles. The highest BCUT2D eigenvalue weighted by atomic mass is 15.0. The highest BCUT2D eigenvalue weighted by molar-refractivity contribution is 4.83. The summed E-state index contributed by atoms with van der Waals surface area (Å²) in [7, 11) is 0. The lowest BCUT2D eigenvalue weighted by Gasteiger charge is -2.28. The van der Waals surface area contributed by atoms with Gasteiger partial charge in [-0.15, -0.1) is 0 Å². The molecule has 0 aromatic heterocycles. The van der Waals surface area contributed by atoms with Crippen LogP contribution in [0.15, 0.2) is 0 Å². The molecule has 3 nitrogen and oxygen atoms in total. The molecule has 3 atom stereocenters. The summed E-state index contributed by atoms with van der Waals surface area (Å²) in [6.07, 6.45) is 6.84. The van der Waals surface area contributed by atoms with Gasteiger partial charge in [0.25, 0.3) is 0 Å². The minimum atomic E-state index is 0.364. The monoisotopic (exact) mass is 223 g/mol. The third-order valence-electron chi connectivity index (χ3n) is 3.40. The van der Waals surface area contributed by atoms with E-state index in [9.17, 15) is 0 Å². The quantitative estimate of drug-likeness (QED) is 0.725. The van der Waals surface area contributed by atoms with Gasteiger partial charge in [0.2, 0.25) is 0 Å². The van der Waals surface area contributed by atoms with Crippen LogP contribution in [0.1, 0.15) is 52.4 Å². The number of hydrogen-bond donors (Lipinski definition) is 2. The van der Waals surface area contributed by atoms with Crippen LogP contribution in [0.3, 0.4) is 0 Å². The van der Waals surface area contributed by atoms with Crippen LogP contribution < -0.4 is 10.6 Å². The molecule has 92 valence electrons. The molecule has 0 bridgehead atoms. The van der Waals surface area contributed by atoms with Crippen molar-refractivity contribution in [3.05, 3.63) is 0 Å². The van der Waals surface area contributed by atoms with Crippen molar-refractivity contribution in [2.45, 2.75) is 70.5 Å². The summed E-state index contributed by atoms with van der Waals surface area (Å²) in [5, 5.41) is 15.8. The number of nitrogens with one attached hydrogen (secondary N) is 2. The first-order valence-electron chi connectivity index (χ1n) is 6.62. The van der Waals surface area contributed by atoms with Crippen molar-refractivity contribution in [1.82, 2.24) is 10.6 Å². The van der Waals surface area contributed by atoms with Crippen LogP contribution >= 0.6 is 0 Å². The molecule has 3 heteroatoms. The summed E-state index contributed by atoms with van der Waals surface area (Å²) < 4.78 is 0. The van der Waals surface area contributed by atoms with Gasteiger partial charge in [0.05, 0.1) is 12.5 Å². The molecule has 0 saturated carbocycles. The Labute approximate surface area is 99.6 Å². The van der Waals surface area contributed by atoms with Crippen molar-refractivity contribution in [2.24, 2.45) is 0 Å². The van der Waals surface area contributed by atoms with Gasteiger partial charge in [0.1, 0.15) is 0 Å². The van der Waals surface area contributed by atoms with Crippen LogP contribution in [-0.2, 0) is 0 Å². The van der Waals surface area contributed by atoms with E-state index in [4.69, 9.17) is 5.26 Å². The van der Waals surface area contributed by atoms with Crippen LogP contribution in [-0.4, -0.2) is 24.7 Å². The average molecular weight is 223 g/mol. The van der Waals surface area contributed by atoms with E-state index in [1.165, 1.54) is 32.2 Å². The molecule has 0 spiro atoms. The molecule has 0 aliphatic carbocycles. The topological polar surface area (TPSA) is 47.9 Å². The van der Waals surface area contributed by atoms with Gasteiger partial charge in [-0.25, -0.2) is 0 Å². The molecule has 1 fully saturated rings. The lowest BCUT2D eigenvalue weighted by atomic mass is 9.98. The van der Waals surface area contributed by atoms with E-state index in [1.54, 1.807) is 0 Å². The molecule has 16 heavy (non-hydrogen) atoms. The third kappa shape index (κ3) is 4.96. The molecule has 0 radical (unpaired) electrons. The summed E-state index contributed by atoms with van der Waals surface area (Å²) in [5.74, 6) is 0. The van der Waals surface area contributed by atoms with Crippen molar-refractivity contribution < 1.29 is 0 Å². The summed E-state index contributed by atoms with van der Waals surface area (Å²) in [6, 6.07) is 3.80. The first-order valence-corrected chi connectivity index (χ1v) is 6.62. The zero-order valence-corrected chi connectivity index (χ0v) is 10.6. The van der Waals surface area contributed by atoms with Crippen molar-refractivity contribution >= 4 is 0 Å². The van der Waals surface area contributed by atoms with E-state index in [2.05, 4.69) is 30.6 Å². The molecule has 2 N–H and O–H groups in total. The maximum atomic E-state index is 8.70. The Bertz CT molecular complexity index is 216. The molecular formula is C13H25N3. The predicted octanol–water partition coefficient (Wildman–Crippen LogP) is 2.19. The lowest BCUT2D eigenvalue weighted by Crippen LogP contribution is -2.42. The molecule has 3 unspecified atom stereocenters. The largest absolute Gasteiger partial charge is 0.314 e. The molecule has 1 heterocycles. The Balaban J connectivity index is 2.22. The minimum absolute atomic E-state index is 0.364. The Morgan fingerprint density at radius 1 is 1.50 bits per heavy atom. The molecule has 1 rings (SSSR count). The van der Waals surface area contributed by atoms with Crippen LogP contribution in [0, 0.1) is 11.3 Å². The molecule has 1 aliphatic rings. The fourth-order valence-electron chi connectivity index (χ4n) is 2.45. The number of nitrogens with zero attached hydrogens (tertiary/aromatic N) is 1. The van der Waals surface area contributed by atoms with Crippen molar-refractivity contribution in [3.8, 4) is 6.07 Å². The van der Waals surface area contributed by atoms with Crippen molar-refractivity contribution in [1.29, 1.82) is 5.26 Å². The van der Waals surface area contributed by atoms with Gasteiger partial charge in [0.15, 0.2) is 0 Å².